The topological polar surface area (TPSA) is 105 Å². The lowest BCUT2D eigenvalue weighted by Gasteiger charge is -2.14. The zero-order valence-electron chi connectivity index (χ0n) is 16.0. The van der Waals surface area contributed by atoms with Gasteiger partial charge < -0.3 is 5.32 Å². The fourth-order valence-corrected chi connectivity index (χ4v) is 3.50. The van der Waals surface area contributed by atoms with Crippen LogP contribution in [0.15, 0.2) is 64.5 Å². The number of ketones is 1. The Labute approximate surface area is 172 Å². The smallest absolute Gasteiger partial charge is 0.278 e. The first-order valence-electron chi connectivity index (χ1n) is 9.09. The molecule has 2 N–H and O–H groups in total. The number of Topliss-reactive ketones (excluding diaryl/α,β-unsaturated/α-hetero) is 1. The second kappa shape index (κ2) is 9.29. The Balaban J connectivity index is 1.73. The summed E-state index contributed by atoms with van der Waals surface area (Å²) in [7, 11) is 0. The molecule has 1 heterocycles. The molecule has 1 atom stereocenters. The highest BCUT2D eigenvalue weighted by Crippen LogP contribution is 2.23. The molecule has 2 aromatic carbocycles. The summed E-state index contributed by atoms with van der Waals surface area (Å²) in [6.45, 7) is 3.34. The van der Waals surface area contributed by atoms with Crippen molar-refractivity contribution in [2.24, 2.45) is 0 Å². The predicted molar refractivity (Wildman–Crippen MR) is 113 cm³/mol. The van der Waals surface area contributed by atoms with Gasteiger partial charge in [-0.05, 0) is 25.5 Å². The Morgan fingerprint density at radius 2 is 1.86 bits per heavy atom. The number of amides is 1. The van der Waals surface area contributed by atoms with Gasteiger partial charge in [0.05, 0.1) is 5.25 Å². The van der Waals surface area contributed by atoms with Crippen LogP contribution in [0.3, 0.4) is 0 Å². The van der Waals surface area contributed by atoms with Gasteiger partial charge in [0.2, 0.25) is 5.91 Å². The van der Waals surface area contributed by atoms with Crippen LogP contribution in [0, 0.1) is 0 Å². The van der Waals surface area contributed by atoms with E-state index in [-0.39, 0.29) is 28.1 Å². The second-order valence-electron chi connectivity index (χ2n) is 6.31. The first-order chi connectivity index (χ1) is 14.0. The Kier molecular flexibility index (Phi) is 6.56. The maximum Gasteiger partial charge on any atom is 0.278 e. The Morgan fingerprint density at radius 1 is 1.10 bits per heavy atom. The number of carbonyl (C=O) groups is 2. The number of aromatic amines is 1. The number of carbonyl (C=O) groups excluding carboxylic acids is 2. The Morgan fingerprint density at radius 3 is 2.52 bits per heavy atom. The number of nitrogens with zero attached hydrogens (tertiary/aromatic N) is 2. The van der Waals surface area contributed by atoms with E-state index in [0.29, 0.717) is 23.2 Å². The molecule has 0 fully saturated rings. The van der Waals surface area contributed by atoms with Crippen LogP contribution < -0.4 is 10.9 Å². The summed E-state index contributed by atoms with van der Waals surface area (Å²) in [5.41, 5.74) is 1.61. The normalized spacial score (nSPS) is 11.7. The van der Waals surface area contributed by atoms with Gasteiger partial charge in [0.1, 0.15) is 0 Å². The maximum atomic E-state index is 12.6. The van der Waals surface area contributed by atoms with E-state index in [1.165, 1.54) is 6.92 Å². The minimum atomic E-state index is -0.483. The highest BCUT2D eigenvalue weighted by Gasteiger charge is 2.20. The zero-order chi connectivity index (χ0) is 20.8. The summed E-state index contributed by atoms with van der Waals surface area (Å²) in [4.78, 5) is 39.2. The predicted octanol–water partition coefficient (Wildman–Crippen LogP) is 3.54. The number of benzene rings is 2. The molecular formula is C21H20N4O3S. The lowest BCUT2D eigenvalue weighted by molar-refractivity contribution is -0.115. The largest absolute Gasteiger partial charge is 0.325 e. The minimum Gasteiger partial charge on any atom is -0.325 e. The molecule has 0 saturated heterocycles. The van der Waals surface area contributed by atoms with Gasteiger partial charge in [-0.2, -0.15) is 0 Å². The van der Waals surface area contributed by atoms with Crippen LogP contribution in [-0.2, 0) is 4.79 Å². The van der Waals surface area contributed by atoms with Gasteiger partial charge in [-0.25, -0.2) is 0 Å². The second-order valence-corrected chi connectivity index (χ2v) is 7.51. The summed E-state index contributed by atoms with van der Waals surface area (Å²) in [5, 5.41) is 10.7. The Hall–Kier alpha value is -3.26. The average molecular weight is 408 g/mol. The van der Waals surface area contributed by atoms with E-state index < -0.39 is 5.25 Å². The quantitative estimate of drug-likeness (QED) is 0.458. The van der Waals surface area contributed by atoms with Crippen molar-refractivity contribution in [1.29, 1.82) is 0 Å². The molecule has 0 aliphatic rings. The van der Waals surface area contributed by atoms with E-state index in [2.05, 4.69) is 20.5 Å². The number of anilines is 1. The van der Waals surface area contributed by atoms with E-state index in [9.17, 15) is 14.4 Å². The molecule has 7 nitrogen and oxygen atoms in total. The number of thioether (sulfide) groups is 1. The van der Waals surface area contributed by atoms with Gasteiger partial charge in [0, 0.05) is 16.8 Å². The van der Waals surface area contributed by atoms with Crippen LogP contribution in [-0.4, -0.2) is 32.1 Å². The van der Waals surface area contributed by atoms with Crippen LogP contribution >= 0.6 is 11.8 Å². The molecule has 0 aliphatic heterocycles. The molecule has 0 saturated carbocycles. The SMILES string of the molecule is CCC(Sc1nnc(-c2ccccc2)c(=O)[nH]1)C(=O)Nc1cccc(C(C)=O)c1. The van der Waals surface area contributed by atoms with Gasteiger partial charge in [-0.1, -0.05) is 61.2 Å². The van der Waals surface area contributed by atoms with Gasteiger partial charge in [0.15, 0.2) is 16.6 Å². The van der Waals surface area contributed by atoms with E-state index in [1.807, 2.05) is 25.1 Å². The first-order valence-corrected chi connectivity index (χ1v) is 9.97. The van der Waals surface area contributed by atoms with Crippen molar-refractivity contribution in [2.45, 2.75) is 30.7 Å². The number of rotatable bonds is 7. The summed E-state index contributed by atoms with van der Waals surface area (Å²) >= 11 is 1.14. The van der Waals surface area contributed by atoms with Crippen molar-refractivity contribution < 1.29 is 9.59 Å². The monoisotopic (exact) mass is 408 g/mol. The van der Waals surface area contributed by atoms with Gasteiger partial charge in [-0.3, -0.25) is 19.4 Å². The molecule has 0 bridgehead atoms. The molecule has 0 spiro atoms. The van der Waals surface area contributed by atoms with Crippen molar-refractivity contribution >= 4 is 29.1 Å². The number of nitrogens with one attached hydrogen (secondary N) is 2. The van der Waals surface area contributed by atoms with Crippen LogP contribution in [0.1, 0.15) is 30.6 Å². The van der Waals surface area contributed by atoms with Crippen molar-refractivity contribution in [1.82, 2.24) is 15.2 Å². The van der Waals surface area contributed by atoms with Gasteiger partial charge in [0.25, 0.3) is 5.56 Å². The number of hydrogen-bond acceptors (Lipinski definition) is 6. The Bertz CT molecular complexity index is 1080. The van der Waals surface area contributed by atoms with Crippen molar-refractivity contribution in [3.05, 3.63) is 70.5 Å². The zero-order valence-corrected chi connectivity index (χ0v) is 16.8. The van der Waals surface area contributed by atoms with Crippen LogP contribution in [0.25, 0.3) is 11.3 Å². The number of aromatic nitrogens is 3. The van der Waals surface area contributed by atoms with E-state index in [1.54, 1.807) is 36.4 Å². The minimum absolute atomic E-state index is 0.0751. The van der Waals surface area contributed by atoms with Crippen LogP contribution in [0.4, 0.5) is 5.69 Å². The number of hydrogen-bond donors (Lipinski definition) is 2. The average Bonchev–Trinajstić information content (AvgIpc) is 2.72. The molecule has 29 heavy (non-hydrogen) atoms. The lowest BCUT2D eigenvalue weighted by Crippen LogP contribution is -2.25. The van der Waals surface area contributed by atoms with Crippen molar-refractivity contribution in [3.63, 3.8) is 0 Å². The standard InChI is InChI=1S/C21H20N4O3S/c1-3-17(19(27)22-16-11-7-10-15(12-16)13(2)26)29-21-23-20(28)18(24-25-21)14-8-5-4-6-9-14/h4-12,17H,3H2,1-2H3,(H,22,27)(H,23,25,28). The third-order valence-corrected chi connectivity index (χ3v) is 5.42. The molecule has 3 aromatic rings. The molecule has 3 rings (SSSR count). The highest BCUT2D eigenvalue weighted by atomic mass is 32.2. The van der Waals surface area contributed by atoms with Gasteiger partial charge in [-0.15, -0.1) is 10.2 Å². The molecule has 8 heteroatoms. The molecule has 1 unspecified atom stereocenters. The third kappa shape index (κ3) is 5.17. The molecule has 1 amide bonds. The van der Waals surface area contributed by atoms with Crippen molar-refractivity contribution in [2.75, 3.05) is 5.32 Å². The third-order valence-electron chi connectivity index (χ3n) is 4.18. The number of H-pyrrole nitrogens is 1. The van der Waals surface area contributed by atoms with Crippen LogP contribution in [0.2, 0.25) is 0 Å². The summed E-state index contributed by atoms with van der Waals surface area (Å²) < 4.78 is 0. The lowest BCUT2D eigenvalue weighted by atomic mass is 10.1. The molecule has 0 aliphatic carbocycles. The van der Waals surface area contributed by atoms with Gasteiger partial charge >= 0.3 is 0 Å². The molecule has 0 radical (unpaired) electrons. The maximum absolute atomic E-state index is 12.6. The summed E-state index contributed by atoms with van der Waals surface area (Å²) in [6.07, 6.45) is 0.521. The van der Waals surface area contributed by atoms with Crippen LogP contribution in [0.5, 0.6) is 0 Å². The van der Waals surface area contributed by atoms with E-state index in [0.717, 1.165) is 11.8 Å². The first kappa shape index (κ1) is 20.5. The highest BCUT2D eigenvalue weighted by molar-refractivity contribution is 8.00. The fraction of sp³-hybridized carbons (Fsp3) is 0.190. The molecule has 1 aromatic heterocycles. The summed E-state index contributed by atoms with van der Waals surface area (Å²) in [5.74, 6) is -0.318. The fourth-order valence-electron chi connectivity index (χ4n) is 2.66. The van der Waals surface area contributed by atoms with E-state index in [4.69, 9.17) is 0 Å². The van der Waals surface area contributed by atoms with Crippen molar-refractivity contribution in [3.8, 4) is 11.3 Å². The summed E-state index contributed by atoms with van der Waals surface area (Å²) in [6, 6.07) is 15.8. The molecule has 148 valence electrons. The van der Waals surface area contributed by atoms with E-state index >= 15 is 0 Å². The molecular weight excluding hydrogens is 388 g/mol.